The SMILES string of the molecule is COCCNC(=O)[C@@H](C)OC(=O)CCCCc1nc2ccccc2s1. The van der Waals surface area contributed by atoms with Crippen LogP contribution in [0.15, 0.2) is 24.3 Å². The van der Waals surface area contributed by atoms with Crippen LogP contribution in [0.3, 0.4) is 0 Å². The van der Waals surface area contributed by atoms with E-state index in [0.29, 0.717) is 26.0 Å². The second-order valence-corrected chi connectivity index (χ2v) is 6.81. The first-order valence-electron chi connectivity index (χ1n) is 8.40. The van der Waals surface area contributed by atoms with E-state index in [0.717, 1.165) is 23.4 Å². The Morgan fingerprint density at radius 2 is 2.08 bits per heavy atom. The normalized spacial score (nSPS) is 12.1. The third-order valence-corrected chi connectivity index (χ3v) is 4.74. The van der Waals surface area contributed by atoms with E-state index in [1.165, 1.54) is 4.70 Å². The second-order valence-electron chi connectivity index (χ2n) is 5.70. The van der Waals surface area contributed by atoms with Crippen LogP contribution in [-0.4, -0.2) is 43.2 Å². The molecule has 25 heavy (non-hydrogen) atoms. The summed E-state index contributed by atoms with van der Waals surface area (Å²) in [5.74, 6) is -0.654. The van der Waals surface area contributed by atoms with E-state index >= 15 is 0 Å². The average molecular weight is 364 g/mol. The Kier molecular flexibility index (Phi) is 7.81. The molecule has 0 spiro atoms. The first-order chi connectivity index (χ1) is 12.1. The van der Waals surface area contributed by atoms with Crippen LogP contribution in [0.25, 0.3) is 10.2 Å². The van der Waals surface area contributed by atoms with Crippen LogP contribution in [0, 0.1) is 0 Å². The number of ether oxygens (including phenoxy) is 2. The summed E-state index contributed by atoms with van der Waals surface area (Å²) in [5.41, 5.74) is 1.02. The molecule has 0 aliphatic carbocycles. The van der Waals surface area contributed by atoms with Gasteiger partial charge in [0.05, 0.1) is 21.8 Å². The highest BCUT2D eigenvalue weighted by Crippen LogP contribution is 2.22. The lowest BCUT2D eigenvalue weighted by molar-refractivity contribution is -0.154. The molecule has 0 aliphatic rings. The number of methoxy groups -OCH3 is 1. The number of hydrogen-bond acceptors (Lipinski definition) is 6. The van der Waals surface area contributed by atoms with E-state index in [-0.39, 0.29) is 11.9 Å². The van der Waals surface area contributed by atoms with Crippen molar-refractivity contribution in [2.24, 2.45) is 0 Å². The lowest BCUT2D eigenvalue weighted by atomic mass is 10.2. The van der Waals surface area contributed by atoms with Crippen LogP contribution in [0.4, 0.5) is 0 Å². The summed E-state index contributed by atoms with van der Waals surface area (Å²) >= 11 is 1.69. The van der Waals surface area contributed by atoms with Crippen LogP contribution >= 0.6 is 11.3 Å². The summed E-state index contributed by atoms with van der Waals surface area (Å²) in [6, 6.07) is 8.06. The molecule has 136 valence electrons. The van der Waals surface area contributed by atoms with Crippen molar-refractivity contribution in [3.05, 3.63) is 29.3 Å². The van der Waals surface area contributed by atoms with Gasteiger partial charge in [-0.05, 0) is 38.3 Å². The first kappa shape index (κ1) is 19.3. The van der Waals surface area contributed by atoms with Gasteiger partial charge in [0.1, 0.15) is 0 Å². The zero-order chi connectivity index (χ0) is 18.1. The zero-order valence-corrected chi connectivity index (χ0v) is 15.4. The molecule has 1 heterocycles. The number of carbonyl (C=O) groups excluding carboxylic acids is 2. The predicted octanol–water partition coefficient (Wildman–Crippen LogP) is 2.70. The van der Waals surface area contributed by atoms with E-state index in [2.05, 4.69) is 16.4 Å². The maximum Gasteiger partial charge on any atom is 0.306 e. The standard InChI is InChI=1S/C18H24N2O4S/c1-13(18(22)19-11-12-23-2)24-17(21)10-6-5-9-16-20-14-7-3-4-8-15(14)25-16/h3-4,7-8,13H,5-6,9-12H2,1-2H3,(H,19,22)/t13-/m1/s1. The summed E-state index contributed by atoms with van der Waals surface area (Å²) in [6.45, 7) is 2.40. The third-order valence-electron chi connectivity index (χ3n) is 3.64. The molecule has 1 aromatic heterocycles. The molecule has 6 nitrogen and oxygen atoms in total. The lowest BCUT2D eigenvalue weighted by Crippen LogP contribution is -2.37. The fourth-order valence-corrected chi connectivity index (χ4v) is 3.31. The zero-order valence-electron chi connectivity index (χ0n) is 14.6. The Balaban J connectivity index is 1.63. The molecule has 0 fully saturated rings. The van der Waals surface area contributed by atoms with Crippen molar-refractivity contribution in [1.82, 2.24) is 10.3 Å². The van der Waals surface area contributed by atoms with Crippen molar-refractivity contribution in [2.45, 2.75) is 38.7 Å². The van der Waals surface area contributed by atoms with E-state index in [1.54, 1.807) is 25.4 Å². The molecule has 0 unspecified atom stereocenters. The summed E-state index contributed by atoms with van der Waals surface area (Å²) in [5, 5.41) is 3.73. The van der Waals surface area contributed by atoms with Crippen LogP contribution in [0.1, 0.15) is 31.2 Å². The minimum Gasteiger partial charge on any atom is -0.453 e. The molecule has 0 aliphatic heterocycles. The van der Waals surface area contributed by atoms with Crippen molar-refractivity contribution >= 4 is 33.4 Å². The number of aromatic nitrogens is 1. The lowest BCUT2D eigenvalue weighted by Gasteiger charge is -2.13. The fourth-order valence-electron chi connectivity index (χ4n) is 2.30. The van der Waals surface area contributed by atoms with Gasteiger partial charge in [-0.3, -0.25) is 9.59 Å². The van der Waals surface area contributed by atoms with Gasteiger partial charge in [-0.1, -0.05) is 12.1 Å². The molecule has 0 saturated heterocycles. The number of esters is 1. The fraction of sp³-hybridized carbons (Fsp3) is 0.500. The summed E-state index contributed by atoms with van der Waals surface area (Å²) in [4.78, 5) is 28.1. The van der Waals surface area contributed by atoms with Crippen molar-refractivity contribution in [3.8, 4) is 0 Å². The van der Waals surface area contributed by atoms with E-state index in [1.807, 2.05) is 18.2 Å². The highest BCUT2D eigenvalue weighted by Gasteiger charge is 2.17. The number of fused-ring (bicyclic) bond motifs is 1. The Hall–Kier alpha value is -1.99. The Bertz CT molecular complexity index is 668. The van der Waals surface area contributed by atoms with Crippen molar-refractivity contribution in [1.29, 1.82) is 0 Å². The smallest absolute Gasteiger partial charge is 0.306 e. The van der Waals surface area contributed by atoms with Gasteiger partial charge in [-0.15, -0.1) is 11.3 Å². The molecule has 0 radical (unpaired) electrons. The van der Waals surface area contributed by atoms with Crippen molar-refractivity contribution in [2.75, 3.05) is 20.3 Å². The molecule has 1 aromatic carbocycles. The monoisotopic (exact) mass is 364 g/mol. The van der Waals surface area contributed by atoms with Crippen molar-refractivity contribution in [3.63, 3.8) is 0 Å². The summed E-state index contributed by atoms with van der Waals surface area (Å²) < 4.78 is 11.2. The molecule has 2 rings (SSSR count). The van der Waals surface area contributed by atoms with Crippen LogP contribution in [0.5, 0.6) is 0 Å². The minimum absolute atomic E-state index is 0.306. The van der Waals surface area contributed by atoms with Gasteiger partial charge in [-0.25, -0.2) is 4.98 Å². The number of unbranched alkanes of at least 4 members (excludes halogenated alkanes) is 1. The number of rotatable bonds is 10. The molecule has 1 atom stereocenters. The third kappa shape index (κ3) is 6.43. The Labute approximate surface area is 151 Å². The quantitative estimate of drug-likeness (QED) is 0.518. The number of thiazole rings is 1. The molecule has 2 aromatic rings. The molecular formula is C18H24N2O4S. The number of aryl methyl sites for hydroxylation is 1. The number of hydrogen-bond donors (Lipinski definition) is 1. The molecule has 1 N–H and O–H groups in total. The minimum atomic E-state index is -0.784. The Morgan fingerprint density at radius 1 is 1.28 bits per heavy atom. The molecule has 7 heteroatoms. The Morgan fingerprint density at radius 3 is 2.84 bits per heavy atom. The number of nitrogens with zero attached hydrogens (tertiary/aromatic N) is 1. The molecule has 1 amide bonds. The van der Waals surface area contributed by atoms with Gasteiger partial charge < -0.3 is 14.8 Å². The van der Waals surface area contributed by atoms with Gasteiger partial charge >= 0.3 is 5.97 Å². The van der Waals surface area contributed by atoms with Crippen LogP contribution in [-0.2, 0) is 25.5 Å². The van der Waals surface area contributed by atoms with E-state index in [9.17, 15) is 9.59 Å². The highest BCUT2D eigenvalue weighted by atomic mass is 32.1. The van der Waals surface area contributed by atoms with E-state index in [4.69, 9.17) is 9.47 Å². The number of benzene rings is 1. The van der Waals surface area contributed by atoms with Crippen LogP contribution in [0.2, 0.25) is 0 Å². The largest absolute Gasteiger partial charge is 0.453 e. The number of nitrogens with one attached hydrogen (secondary N) is 1. The van der Waals surface area contributed by atoms with Gasteiger partial charge in [0.2, 0.25) is 0 Å². The second kappa shape index (κ2) is 10.1. The van der Waals surface area contributed by atoms with Crippen molar-refractivity contribution < 1.29 is 19.1 Å². The highest BCUT2D eigenvalue weighted by molar-refractivity contribution is 7.18. The topological polar surface area (TPSA) is 77.5 Å². The van der Waals surface area contributed by atoms with Gasteiger partial charge in [0, 0.05) is 20.1 Å². The van der Waals surface area contributed by atoms with Gasteiger partial charge in [-0.2, -0.15) is 0 Å². The van der Waals surface area contributed by atoms with Gasteiger partial charge in [0.15, 0.2) is 6.10 Å². The predicted molar refractivity (Wildman–Crippen MR) is 97.6 cm³/mol. The van der Waals surface area contributed by atoms with E-state index < -0.39 is 6.10 Å². The summed E-state index contributed by atoms with van der Waals surface area (Å²) in [6.07, 6.45) is 1.95. The molecule has 0 bridgehead atoms. The maximum atomic E-state index is 11.8. The summed E-state index contributed by atoms with van der Waals surface area (Å²) in [7, 11) is 1.56. The number of para-hydroxylation sites is 1. The first-order valence-corrected chi connectivity index (χ1v) is 9.22. The maximum absolute atomic E-state index is 11.8. The molecular weight excluding hydrogens is 340 g/mol. The van der Waals surface area contributed by atoms with Gasteiger partial charge in [0.25, 0.3) is 5.91 Å². The number of amides is 1. The van der Waals surface area contributed by atoms with Crippen LogP contribution < -0.4 is 5.32 Å². The molecule has 0 saturated carbocycles. The number of carbonyl (C=O) groups is 2. The average Bonchev–Trinajstić information content (AvgIpc) is 3.01.